The van der Waals surface area contributed by atoms with E-state index in [1.807, 2.05) is 24.3 Å². The normalized spacial score (nSPS) is 31.5. The van der Waals surface area contributed by atoms with E-state index in [0.717, 1.165) is 80.3 Å². The number of aliphatic hydroxyl groups excluding tert-OH is 1. The largest absolute Gasteiger partial charge is 0.506 e. The number of Topliss-reactive ketones (excluding diaryl/α,β-unsaturated/α-hetero) is 1. The molecule has 0 aromatic heterocycles. The van der Waals surface area contributed by atoms with Gasteiger partial charge in [-0.3, -0.25) is 4.79 Å². The first-order valence-electron chi connectivity index (χ1n) is 17.7. The first-order chi connectivity index (χ1) is 22.5. The van der Waals surface area contributed by atoms with Crippen molar-refractivity contribution in [2.45, 2.75) is 84.3 Å². The van der Waals surface area contributed by atoms with Gasteiger partial charge < -0.3 is 21.1 Å². The Morgan fingerprint density at radius 3 is 2.06 bits per heavy atom. The van der Waals surface area contributed by atoms with Crippen LogP contribution in [0.5, 0.6) is 0 Å². The van der Waals surface area contributed by atoms with Crippen molar-refractivity contribution in [2.75, 3.05) is 16.0 Å². The molecule has 8 rings (SSSR count). The molecular weight excluding hydrogens is 578 g/mol. The predicted octanol–water partition coefficient (Wildman–Crippen LogP) is 8.72. The van der Waals surface area contributed by atoms with Gasteiger partial charge in [-0.2, -0.15) is 0 Å². The number of benzene rings is 4. The van der Waals surface area contributed by atoms with Crippen LogP contribution >= 0.6 is 0 Å². The van der Waals surface area contributed by atoms with Gasteiger partial charge in [-0.25, -0.2) is 0 Å². The molecule has 4 aromatic rings. The fourth-order valence-electron chi connectivity index (χ4n) is 9.47. The predicted molar refractivity (Wildman–Crippen MR) is 197 cm³/mol. The molecule has 5 nitrogen and oxygen atoms in total. The van der Waals surface area contributed by atoms with E-state index in [9.17, 15) is 9.90 Å². The fraction of sp³-hybridized carbons (Fsp3) is 0.405. The summed E-state index contributed by atoms with van der Waals surface area (Å²) >= 11 is 0. The van der Waals surface area contributed by atoms with Crippen LogP contribution in [0.15, 0.2) is 66.4 Å². The highest BCUT2D eigenvalue weighted by Gasteiger charge is 2.48. The molecule has 2 fully saturated rings. The zero-order chi connectivity index (χ0) is 32.8. The second-order valence-corrected chi connectivity index (χ2v) is 15.3. The molecule has 5 heteroatoms. The van der Waals surface area contributed by atoms with Gasteiger partial charge in [0, 0.05) is 32.8 Å². The Hall–Kier alpha value is -4.25. The smallest absolute Gasteiger partial charge is 0.201 e. The Morgan fingerprint density at radius 1 is 0.766 bits per heavy atom. The van der Waals surface area contributed by atoms with Gasteiger partial charge in [0.1, 0.15) is 11.4 Å². The third-order valence-electron chi connectivity index (χ3n) is 12.9. The molecule has 4 N–H and O–H groups in total. The van der Waals surface area contributed by atoms with Crippen LogP contribution in [0.25, 0.3) is 39.3 Å². The van der Waals surface area contributed by atoms with Crippen LogP contribution in [0.3, 0.4) is 0 Å². The third kappa shape index (κ3) is 4.24. The maximum absolute atomic E-state index is 14.5. The number of anilines is 3. The average Bonchev–Trinajstić information content (AvgIpc) is 3.05. The number of aliphatic hydroxyl groups is 1. The lowest BCUT2D eigenvalue weighted by atomic mass is 9.68. The second kappa shape index (κ2) is 10.6. The summed E-state index contributed by atoms with van der Waals surface area (Å²) in [4.78, 5) is 14.5. The lowest BCUT2D eigenvalue weighted by Crippen LogP contribution is -2.59. The number of carbonyl (C=O) groups excluding carboxylic acids is 1. The van der Waals surface area contributed by atoms with E-state index in [2.05, 4.69) is 93.5 Å². The quantitative estimate of drug-likeness (QED) is 0.183. The van der Waals surface area contributed by atoms with Crippen molar-refractivity contribution in [3.8, 4) is 0 Å². The first kappa shape index (κ1) is 30.1. The molecule has 4 atom stereocenters. The van der Waals surface area contributed by atoms with Gasteiger partial charge in [-0.05, 0) is 78.3 Å². The van der Waals surface area contributed by atoms with Crippen LogP contribution < -0.4 is 26.4 Å². The number of hydrogen-bond donors (Lipinski definition) is 4. The standard InChI is InChI=1S/C42H47N3O2/c1-23-11-7-16-28-19-21-30(37(33(23)28)44-41(6)24(2)12-8-13-25(41)3)35-39(46)36(40(35)47)31-22-20-29-17-10-18-32-34(29)38(31)45-42(43-32)26(4)14-9-15-27(42)5/h7,10-11,16-22,24-27,43-46H,1,8-9,12-15H2,2-6H3/b35-30-. The van der Waals surface area contributed by atoms with Crippen molar-refractivity contribution < 1.29 is 9.90 Å². The monoisotopic (exact) mass is 625 g/mol. The molecule has 0 radical (unpaired) electrons. The molecule has 0 amide bonds. The zero-order valence-electron chi connectivity index (χ0n) is 28.4. The highest BCUT2D eigenvalue weighted by atomic mass is 16.3. The van der Waals surface area contributed by atoms with E-state index in [1.165, 1.54) is 12.8 Å². The van der Waals surface area contributed by atoms with Crippen LogP contribution in [0.2, 0.25) is 0 Å². The van der Waals surface area contributed by atoms with E-state index in [0.29, 0.717) is 34.8 Å². The molecule has 0 bridgehead atoms. The second-order valence-electron chi connectivity index (χ2n) is 15.3. The summed E-state index contributed by atoms with van der Waals surface area (Å²) in [6.07, 6.45) is 7.01. The van der Waals surface area contributed by atoms with Crippen molar-refractivity contribution in [3.05, 3.63) is 82.4 Å². The maximum Gasteiger partial charge on any atom is 0.201 e. The SMILES string of the molecule is C=c1cccc2cc/c(=C3/C(=O)C(c4ccc5cccc6c5c4NC4(N6)C(C)CCCC4C)=C3O)c(NC3(C)C(C)CCCC3C)c12. The molecule has 0 saturated heterocycles. The van der Waals surface area contributed by atoms with Crippen LogP contribution in [0.1, 0.15) is 78.7 Å². The van der Waals surface area contributed by atoms with Crippen LogP contribution in [0.4, 0.5) is 17.1 Å². The minimum Gasteiger partial charge on any atom is -0.506 e. The van der Waals surface area contributed by atoms with Crippen molar-refractivity contribution >= 4 is 62.1 Å². The number of ketones is 1. The van der Waals surface area contributed by atoms with Crippen LogP contribution in [-0.4, -0.2) is 22.1 Å². The molecule has 4 aliphatic rings. The highest BCUT2D eigenvalue weighted by molar-refractivity contribution is 6.52. The van der Waals surface area contributed by atoms with Gasteiger partial charge in [0.05, 0.1) is 22.5 Å². The third-order valence-corrected chi connectivity index (χ3v) is 12.9. The Labute approximate surface area is 277 Å². The highest BCUT2D eigenvalue weighted by Crippen LogP contribution is 2.51. The number of nitrogens with one attached hydrogen (secondary N) is 3. The Morgan fingerprint density at radius 2 is 1.38 bits per heavy atom. The Balaban J connectivity index is 1.34. The number of rotatable bonds is 3. The number of carbonyl (C=O) groups is 1. The van der Waals surface area contributed by atoms with Gasteiger partial charge in [0.15, 0.2) is 0 Å². The molecule has 47 heavy (non-hydrogen) atoms. The summed E-state index contributed by atoms with van der Waals surface area (Å²) in [6.45, 7) is 16.0. The minimum absolute atomic E-state index is 0.0704. The van der Waals surface area contributed by atoms with Crippen LogP contribution in [0, 0.1) is 23.7 Å². The summed E-state index contributed by atoms with van der Waals surface area (Å²) in [6, 6.07) is 20.7. The number of hydrogen-bond acceptors (Lipinski definition) is 5. The van der Waals surface area contributed by atoms with E-state index in [-0.39, 0.29) is 22.7 Å². The fourth-order valence-corrected chi connectivity index (χ4v) is 9.47. The number of allylic oxidation sites excluding steroid dienone is 2. The molecule has 4 aromatic carbocycles. The average molecular weight is 626 g/mol. The summed E-state index contributed by atoms with van der Waals surface area (Å²) in [7, 11) is 0. The van der Waals surface area contributed by atoms with Crippen molar-refractivity contribution in [3.63, 3.8) is 0 Å². The molecule has 4 unspecified atom stereocenters. The first-order valence-corrected chi connectivity index (χ1v) is 17.7. The van der Waals surface area contributed by atoms with Gasteiger partial charge in [0.2, 0.25) is 5.78 Å². The molecular formula is C42H47N3O2. The summed E-state index contributed by atoms with van der Waals surface area (Å²) in [5.74, 6) is 1.63. The molecule has 2 saturated carbocycles. The summed E-state index contributed by atoms with van der Waals surface area (Å²) in [5, 5.41) is 29.8. The van der Waals surface area contributed by atoms with E-state index >= 15 is 0 Å². The van der Waals surface area contributed by atoms with Crippen molar-refractivity contribution in [1.82, 2.24) is 0 Å². The van der Waals surface area contributed by atoms with Gasteiger partial charge in [0.25, 0.3) is 0 Å². The van der Waals surface area contributed by atoms with Gasteiger partial charge in [-0.1, -0.05) is 102 Å². The molecule has 1 heterocycles. The summed E-state index contributed by atoms with van der Waals surface area (Å²) < 4.78 is 0. The Kier molecular flexibility index (Phi) is 6.81. The summed E-state index contributed by atoms with van der Waals surface area (Å²) in [5.41, 5.74) is 3.99. The van der Waals surface area contributed by atoms with E-state index in [4.69, 9.17) is 0 Å². The minimum atomic E-state index is -0.325. The topological polar surface area (TPSA) is 73.4 Å². The van der Waals surface area contributed by atoms with Crippen molar-refractivity contribution in [2.24, 2.45) is 23.7 Å². The van der Waals surface area contributed by atoms with E-state index < -0.39 is 0 Å². The lowest BCUT2D eigenvalue weighted by molar-refractivity contribution is -0.109. The maximum atomic E-state index is 14.5. The number of fused-ring (bicyclic) bond motifs is 1. The van der Waals surface area contributed by atoms with Gasteiger partial charge in [-0.15, -0.1) is 0 Å². The van der Waals surface area contributed by atoms with Gasteiger partial charge >= 0.3 is 0 Å². The zero-order valence-corrected chi connectivity index (χ0v) is 28.4. The molecule has 1 spiro atoms. The van der Waals surface area contributed by atoms with Crippen LogP contribution in [-0.2, 0) is 4.79 Å². The molecule has 242 valence electrons. The van der Waals surface area contributed by atoms with Crippen molar-refractivity contribution in [1.29, 1.82) is 0 Å². The Bertz CT molecular complexity index is 2110. The molecule has 3 aliphatic carbocycles. The lowest BCUT2D eigenvalue weighted by Gasteiger charge is -2.52. The molecule has 1 aliphatic heterocycles. The van der Waals surface area contributed by atoms with E-state index in [1.54, 1.807) is 0 Å².